The number of piperidine rings is 1. The van der Waals surface area contributed by atoms with Gasteiger partial charge in [-0.25, -0.2) is 0 Å². The van der Waals surface area contributed by atoms with Crippen LogP contribution < -0.4 is 10.6 Å². The van der Waals surface area contributed by atoms with E-state index in [1.165, 1.54) is 0 Å². The molecule has 1 aliphatic heterocycles. The smallest absolute Gasteiger partial charge is 0.191 e. The molecule has 1 aromatic heterocycles. The lowest BCUT2D eigenvalue weighted by Crippen LogP contribution is -2.48. The Morgan fingerprint density at radius 1 is 1.23 bits per heavy atom. The largest absolute Gasteiger partial charge is 0.386 e. The minimum absolute atomic E-state index is 0. The zero-order valence-electron chi connectivity index (χ0n) is 17.3. The van der Waals surface area contributed by atoms with Gasteiger partial charge in [0.05, 0.1) is 12.2 Å². The zero-order valence-corrected chi connectivity index (χ0v) is 20.4. The minimum atomic E-state index is -0.723. The second-order valence-corrected chi connectivity index (χ2v) is 7.68. The van der Waals surface area contributed by atoms with Crippen LogP contribution in [0.15, 0.2) is 53.7 Å². The highest BCUT2D eigenvalue weighted by Gasteiger charge is 2.20. The Morgan fingerprint density at radius 3 is 2.63 bits per heavy atom. The number of nitrogens with one attached hydrogen (secondary N) is 2. The number of pyridine rings is 1. The average Bonchev–Trinajstić information content (AvgIpc) is 2.74. The van der Waals surface area contributed by atoms with Gasteiger partial charge in [-0.3, -0.25) is 14.9 Å². The van der Waals surface area contributed by atoms with Crippen LogP contribution in [-0.2, 0) is 6.54 Å². The van der Waals surface area contributed by atoms with Crippen LogP contribution >= 0.6 is 35.6 Å². The molecule has 1 unspecified atom stereocenters. The first kappa shape index (κ1) is 24.8. The summed E-state index contributed by atoms with van der Waals surface area (Å²) in [4.78, 5) is 11.4. The molecule has 2 aromatic rings. The molecule has 30 heavy (non-hydrogen) atoms. The fourth-order valence-corrected chi connectivity index (χ4v) is 3.75. The highest BCUT2D eigenvalue weighted by atomic mass is 127. The van der Waals surface area contributed by atoms with Crippen molar-refractivity contribution in [3.63, 3.8) is 0 Å². The normalized spacial score (nSPS) is 16.6. The number of hydrogen-bond donors (Lipinski definition) is 3. The van der Waals surface area contributed by atoms with E-state index in [0.29, 0.717) is 16.6 Å². The molecule has 0 aliphatic carbocycles. The summed E-state index contributed by atoms with van der Waals surface area (Å²) >= 11 is 6.17. The SMILES string of the molecule is CCNC(=NCC(O)c1ccccc1Cl)NC1CCN(Cc2ccccn2)CC1.I. The van der Waals surface area contributed by atoms with E-state index in [9.17, 15) is 5.11 Å². The summed E-state index contributed by atoms with van der Waals surface area (Å²) in [5, 5.41) is 17.8. The standard InChI is InChI=1S/C22H30ClN5O.HI/c1-2-24-22(26-15-21(29)19-8-3-4-9-20(19)23)27-17-10-13-28(14-11-17)16-18-7-5-6-12-25-18;/h3-9,12,17,21,29H,2,10-11,13-16H2,1H3,(H2,24,26,27);1H. The topological polar surface area (TPSA) is 72.8 Å². The summed E-state index contributed by atoms with van der Waals surface area (Å²) in [5.41, 5.74) is 1.82. The first-order valence-electron chi connectivity index (χ1n) is 10.2. The fraction of sp³-hybridized carbons (Fsp3) is 0.455. The van der Waals surface area contributed by atoms with Crippen LogP contribution in [0.2, 0.25) is 5.02 Å². The molecule has 1 saturated heterocycles. The third kappa shape index (κ3) is 7.68. The molecule has 1 aliphatic rings. The minimum Gasteiger partial charge on any atom is -0.386 e. The molecule has 3 N–H and O–H groups in total. The predicted octanol–water partition coefficient (Wildman–Crippen LogP) is 3.61. The first-order chi connectivity index (χ1) is 14.2. The number of aromatic nitrogens is 1. The van der Waals surface area contributed by atoms with Crippen molar-refractivity contribution < 1.29 is 5.11 Å². The zero-order chi connectivity index (χ0) is 20.5. The van der Waals surface area contributed by atoms with Crippen molar-refractivity contribution in [2.45, 2.75) is 38.5 Å². The van der Waals surface area contributed by atoms with Crippen LogP contribution in [0.25, 0.3) is 0 Å². The quantitative estimate of drug-likeness (QED) is 0.283. The number of halogens is 2. The summed E-state index contributed by atoms with van der Waals surface area (Å²) in [6, 6.07) is 13.8. The average molecular weight is 544 g/mol. The van der Waals surface area contributed by atoms with Gasteiger partial charge in [-0.2, -0.15) is 0 Å². The van der Waals surface area contributed by atoms with E-state index < -0.39 is 6.10 Å². The van der Waals surface area contributed by atoms with Crippen LogP contribution in [0.4, 0.5) is 0 Å². The molecule has 0 spiro atoms. The second kappa shape index (κ2) is 13.1. The molecular formula is C22H31ClIN5O. The van der Waals surface area contributed by atoms with E-state index in [0.717, 1.165) is 50.7 Å². The molecule has 0 saturated carbocycles. The maximum Gasteiger partial charge on any atom is 0.191 e. The number of aliphatic hydroxyl groups is 1. The molecule has 6 nitrogen and oxygen atoms in total. The molecular weight excluding hydrogens is 513 g/mol. The summed E-state index contributed by atoms with van der Waals surface area (Å²) in [6.07, 6.45) is 3.22. The van der Waals surface area contributed by atoms with Crippen LogP contribution in [0.1, 0.15) is 37.1 Å². The Kier molecular flexibility index (Phi) is 10.8. The lowest BCUT2D eigenvalue weighted by atomic mass is 10.0. The number of guanidine groups is 1. The number of nitrogens with zero attached hydrogens (tertiary/aromatic N) is 3. The lowest BCUT2D eigenvalue weighted by Gasteiger charge is -2.33. The summed E-state index contributed by atoms with van der Waals surface area (Å²) in [7, 11) is 0. The van der Waals surface area contributed by atoms with Gasteiger partial charge < -0.3 is 15.7 Å². The molecule has 0 bridgehead atoms. The third-order valence-electron chi connectivity index (χ3n) is 5.07. The van der Waals surface area contributed by atoms with Crippen LogP contribution in [0, 0.1) is 0 Å². The Balaban J connectivity index is 0.00000320. The molecule has 0 amide bonds. The van der Waals surface area contributed by atoms with Gasteiger partial charge in [-0.15, -0.1) is 24.0 Å². The molecule has 1 aromatic carbocycles. The highest BCUT2D eigenvalue weighted by molar-refractivity contribution is 14.0. The van der Waals surface area contributed by atoms with Crippen molar-refractivity contribution in [3.8, 4) is 0 Å². The van der Waals surface area contributed by atoms with Crippen molar-refractivity contribution >= 4 is 41.5 Å². The number of aliphatic imine (C=N–C) groups is 1. The Bertz CT molecular complexity index is 784. The van der Waals surface area contributed by atoms with Gasteiger partial charge in [-0.1, -0.05) is 35.9 Å². The van der Waals surface area contributed by atoms with Gasteiger partial charge in [-0.05, 0) is 38.0 Å². The molecule has 1 atom stereocenters. The van der Waals surface area contributed by atoms with Gasteiger partial charge in [0.25, 0.3) is 0 Å². The van der Waals surface area contributed by atoms with Gasteiger partial charge in [0.1, 0.15) is 6.10 Å². The first-order valence-corrected chi connectivity index (χ1v) is 10.6. The van der Waals surface area contributed by atoms with Gasteiger partial charge in [0.15, 0.2) is 5.96 Å². The number of benzene rings is 1. The summed E-state index contributed by atoms with van der Waals surface area (Å²) < 4.78 is 0. The van der Waals surface area contributed by atoms with E-state index in [-0.39, 0.29) is 30.5 Å². The molecule has 1 fully saturated rings. The molecule has 3 rings (SSSR count). The summed E-state index contributed by atoms with van der Waals surface area (Å²) in [5.74, 6) is 0.738. The van der Waals surface area contributed by atoms with Crippen molar-refractivity contribution in [1.82, 2.24) is 20.5 Å². The van der Waals surface area contributed by atoms with E-state index in [1.54, 1.807) is 6.07 Å². The lowest BCUT2D eigenvalue weighted by molar-refractivity contribution is 0.186. The van der Waals surface area contributed by atoms with E-state index in [4.69, 9.17) is 11.6 Å². The van der Waals surface area contributed by atoms with Crippen LogP contribution in [-0.4, -0.2) is 53.2 Å². The monoisotopic (exact) mass is 543 g/mol. The maximum atomic E-state index is 10.4. The highest BCUT2D eigenvalue weighted by Crippen LogP contribution is 2.22. The Labute approximate surface area is 201 Å². The molecule has 164 valence electrons. The predicted molar refractivity (Wildman–Crippen MR) is 133 cm³/mol. The van der Waals surface area contributed by atoms with Crippen molar-refractivity contribution in [3.05, 3.63) is 64.9 Å². The van der Waals surface area contributed by atoms with E-state index >= 15 is 0 Å². The van der Waals surface area contributed by atoms with Gasteiger partial charge in [0, 0.05) is 49.0 Å². The maximum absolute atomic E-state index is 10.4. The van der Waals surface area contributed by atoms with Crippen molar-refractivity contribution in [2.24, 2.45) is 4.99 Å². The number of aliphatic hydroxyl groups excluding tert-OH is 1. The fourth-order valence-electron chi connectivity index (χ4n) is 3.49. The number of likely N-dealkylation sites (tertiary alicyclic amines) is 1. The van der Waals surface area contributed by atoms with E-state index in [2.05, 4.69) is 31.6 Å². The second-order valence-electron chi connectivity index (χ2n) is 7.27. The van der Waals surface area contributed by atoms with E-state index in [1.807, 2.05) is 43.5 Å². The van der Waals surface area contributed by atoms with Crippen LogP contribution in [0.5, 0.6) is 0 Å². The molecule has 8 heteroatoms. The third-order valence-corrected chi connectivity index (χ3v) is 5.42. The molecule has 2 heterocycles. The van der Waals surface area contributed by atoms with Crippen molar-refractivity contribution in [1.29, 1.82) is 0 Å². The number of rotatable bonds is 7. The number of hydrogen-bond acceptors (Lipinski definition) is 4. The van der Waals surface area contributed by atoms with Gasteiger partial charge >= 0.3 is 0 Å². The Hall–Kier alpha value is -1.42. The van der Waals surface area contributed by atoms with Gasteiger partial charge in [0.2, 0.25) is 0 Å². The van der Waals surface area contributed by atoms with Crippen molar-refractivity contribution in [2.75, 3.05) is 26.2 Å². The Morgan fingerprint density at radius 2 is 1.97 bits per heavy atom. The molecule has 0 radical (unpaired) electrons. The van der Waals surface area contributed by atoms with Crippen LogP contribution in [0.3, 0.4) is 0 Å². The summed E-state index contributed by atoms with van der Waals surface area (Å²) in [6.45, 7) is 6.01.